The zero-order valence-electron chi connectivity index (χ0n) is 6.94. The van der Waals surface area contributed by atoms with Crippen molar-refractivity contribution in [1.29, 1.82) is 0 Å². The van der Waals surface area contributed by atoms with Gasteiger partial charge in [0.25, 0.3) is 0 Å². The topological polar surface area (TPSA) is 26.3 Å². The van der Waals surface area contributed by atoms with E-state index in [0.29, 0.717) is 0 Å². The quantitative estimate of drug-likeness (QED) is 0.648. The standard InChI is InChI=1S/C6H13O2PS2/c1-4-5-6-11-9(7,8-2)10-3/h5-6H,4H2,1-3H3/b6-5+. The smallest absolute Gasteiger partial charge is 0.316 e. The molecular weight excluding hydrogens is 199 g/mol. The number of hydrogen-bond acceptors (Lipinski definition) is 4. The lowest BCUT2D eigenvalue weighted by molar-refractivity contribution is 0.424. The number of allylic oxidation sites excluding steroid dienone is 1. The zero-order valence-corrected chi connectivity index (χ0v) is 9.47. The van der Waals surface area contributed by atoms with Crippen molar-refractivity contribution in [3.8, 4) is 0 Å². The normalized spacial score (nSPS) is 17.0. The fraction of sp³-hybridized carbons (Fsp3) is 0.667. The molecule has 0 amide bonds. The third-order valence-electron chi connectivity index (χ3n) is 0.969. The average molecular weight is 212 g/mol. The molecule has 0 heterocycles. The summed E-state index contributed by atoms with van der Waals surface area (Å²) in [5, 5.41) is 1.83. The molecule has 11 heavy (non-hydrogen) atoms. The second-order valence-corrected chi connectivity index (χ2v) is 9.11. The highest BCUT2D eigenvalue weighted by Crippen LogP contribution is 2.68. The summed E-state index contributed by atoms with van der Waals surface area (Å²) in [5.74, 6) is -2.46. The molecule has 66 valence electrons. The molecule has 2 nitrogen and oxygen atoms in total. The van der Waals surface area contributed by atoms with Gasteiger partial charge in [0.05, 0.1) is 0 Å². The summed E-state index contributed by atoms with van der Waals surface area (Å²) >= 11 is 2.53. The monoisotopic (exact) mass is 212 g/mol. The van der Waals surface area contributed by atoms with E-state index >= 15 is 0 Å². The third-order valence-corrected chi connectivity index (χ3v) is 7.93. The van der Waals surface area contributed by atoms with Crippen LogP contribution < -0.4 is 0 Å². The molecule has 0 aromatic carbocycles. The Balaban J connectivity index is 3.88. The van der Waals surface area contributed by atoms with Crippen LogP contribution in [0.2, 0.25) is 0 Å². The van der Waals surface area contributed by atoms with Gasteiger partial charge in [0.1, 0.15) is 0 Å². The van der Waals surface area contributed by atoms with E-state index in [1.807, 2.05) is 18.4 Å². The van der Waals surface area contributed by atoms with E-state index in [-0.39, 0.29) is 0 Å². The summed E-state index contributed by atoms with van der Waals surface area (Å²) < 4.78 is 16.3. The fourth-order valence-electron chi connectivity index (χ4n) is 0.374. The van der Waals surface area contributed by atoms with E-state index in [0.717, 1.165) is 6.42 Å². The van der Waals surface area contributed by atoms with Gasteiger partial charge in [0.2, 0.25) is 0 Å². The summed E-state index contributed by atoms with van der Waals surface area (Å²) in [6.45, 7) is 2.04. The molecule has 0 saturated carbocycles. The van der Waals surface area contributed by atoms with E-state index < -0.39 is 5.77 Å². The fourth-order valence-corrected chi connectivity index (χ4v) is 4.01. The van der Waals surface area contributed by atoms with Gasteiger partial charge < -0.3 is 4.52 Å². The van der Waals surface area contributed by atoms with E-state index in [1.54, 1.807) is 6.26 Å². The Hall–Kier alpha value is 0.630. The Labute approximate surface area is 76.1 Å². The lowest BCUT2D eigenvalue weighted by Gasteiger charge is -2.08. The molecule has 0 saturated heterocycles. The Kier molecular flexibility index (Phi) is 6.53. The van der Waals surface area contributed by atoms with Gasteiger partial charge in [0.15, 0.2) is 0 Å². The van der Waals surface area contributed by atoms with Gasteiger partial charge in [-0.15, -0.1) is 0 Å². The van der Waals surface area contributed by atoms with Crippen LogP contribution in [0.4, 0.5) is 0 Å². The first kappa shape index (κ1) is 11.6. The first-order valence-corrected chi connectivity index (χ1v) is 8.17. The Bertz CT molecular complexity index is 162. The van der Waals surface area contributed by atoms with Gasteiger partial charge in [-0.05, 0) is 29.5 Å². The minimum Gasteiger partial charge on any atom is -0.317 e. The molecule has 0 fully saturated rings. The second-order valence-electron chi connectivity index (χ2n) is 1.70. The summed E-state index contributed by atoms with van der Waals surface area (Å²) in [5.41, 5.74) is 0. The Morgan fingerprint density at radius 3 is 2.64 bits per heavy atom. The third kappa shape index (κ3) is 4.96. The molecule has 0 aliphatic heterocycles. The van der Waals surface area contributed by atoms with Crippen molar-refractivity contribution >= 4 is 28.5 Å². The van der Waals surface area contributed by atoms with E-state index in [4.69, 9.17) is 4.52 Å². The van der Waals surface area contributed by atoms with Gasteiger partial charge in [-0.2, -0.15) is 0 Å². The highest BCUT2D eigenvalue weighted by molar-refractivity contribution is 8.89. The van der Waals surface area contributed by atoms with Crippen molar-refractivity contribution in [2.45, 2.75) is 13.3 Å². The summed E-state index contributed by atoms with van der Waals surface area (Å²) in [4.78, 5) is 0. The first-order chi connectivity index (χ1) is 5.18. The highest BCUT2D eigenvalue weighted by Gasteiger charge is 2.18. The molecule has 1 atom stereocenters. The lowest BCUT2D eigenvalue weighted by Crippen LogP contribution is -1.70. The number of rotatable bonds is 5. The average Bonchev–Trinajstić information content (AvgIpc) is 2.05. The molecule has 0 aromatic heterocycles. The predicted molar refractivity (Wildman–Crippen MR) is 55.2 cm³/mol. The van der Waals surface area contributed by atoms with E-state index in [1.165, 1.54) is 29.9 Å². The second kappa shape index (κ2) is 6.18. The van der Waals surface area contributed by atoms with Gasteiger partial charge in [0, 0.05) is 7.11 Å². The minimum absolute atomic E-state index is 0.963. The van der Waals surface area contributed by atoms with Crippen LogP contribution in [0.15, 0.2) is 11.5 Å². The SMILES string of the molecule is CC/C=C/SP(=O)(OC)SC. The van der Waals surface area contributed by atoms with Crippen LogP contribution in [0.5, 0.6) is 0 Å². The molecule has 0 radical (unpaired) electrons. The minimum atomic E-state index is -2.46. The van der Waals surface area contributed by atoms with Crippen LogP contribution in [0.25, 0.3) is 0 Å². The molecule has 1 unspecified atom stereocenters. The van der Waals surface area contributed by atoms with Crippen molar-refractivity contribution in [3.63, 3.8) is 0 Å². The molecule has 0 bridgehead atoms. The van der Waals surface area contributed by atoms with Crippen LogP contribution >= 0.6 is 28.5 Å². The molecule has 0 spiro atoms. The molecule has 0 aliphatic carbocycles. The van der Waals surface area contributed by atoms with Crippen molar-refractivity contribution < 1.29 is 9.09 Å². The Morgan fingerprint density at radius 1 is 1.64 bits per heavy atom. The van der Waals surface area contributed by atoms with Gasteiger partial charge in [-0.25, -0.2) is 0 Å². The molecule has 0 aromatic rings. The lowest BCUT2D eigenvalue weighted by atomic mass is 10.5. The first-order valence-electron chi connectivity index (χ1n) is 3.23. The summed E-state index contributed by atoms with van der Waals surface area (Å²) in [6.07, 6.45) is 4.72. The van der Waals surface area contributed by atoms with Crippen LogP contribution in [-0.2, 0) is 9.09 Å². The van der Waals surface area contributed by atoms with Crippen molar-refractivity contribution in [3.05, 3.63) is 11.5 Å². The van der Waals surface area contributed by atoms with E-state index in [9.17, 15) is 4.57 Å². The maximum absolute atomic E-state index is 11.5. The van der Waals surface area contributed by atoms with Crippen molar-refractivity contribution in [2.75, 3.05) is 13.4 Å². The predicted octanol–water partition coefficient (Wildman–Crippen LogP) is 3.76. The Morgan fingerprint density at radius 2 is 2.27 bits per heavy atom. The van der Waals surface area contributed by atoms with E-state index in [2.05, 4.69) is 0 Å². The van der Waals surface area contributed by atoms with Crippen molar-refractivity contribution in [1.82, 2.24) is 0 Å². The van der Waals surface area contributed by atoms with Gasteiger partial charge >= 0.3 is 5.77 Å². The maximum atomic E-state index is 11.5. The molecular formula is C6H13O2PS2. The largest absolute Gasteiger partial charge is 0.317 e. The maximum Gasteiger partial charge on any atom is 0.316 e. The summed E-state index contributed by atoms with van der Waals surface area (Å²) in [7, 11) is 1.48. The van der Waals surface area contributed by atoms with Gasteiger partial charge in [-0.3, -0.25) is 4.57 Å². The highest BCUT2D eigenvalue weighted by atomic mass is 33.1. The molecule has 0 aliphatic rings. The van der Waals surface area contributed by atoms with Gasteiger partial charge in [-0.1, -0.05) is 24.4 Å². The molecule has 0 N–H and O–H groups in total. The van der Waals surface area contributed by atoms with Crippen LogP contribution in [0.1, 0.15) is 13.3 Å². The van der Waals surface area contributed by atoms with Crippen molar-refractivity contribution in [2.24, 2.45) is 0 Å². The van der Waals surface area contributed by atoms with Crippen LogP contribution in [0, 0.1) is 0 Å². The zero-order chi connectivity index (χ0) is 8.74. The number of hydrogen-bond donors (Lipinski definition) is 0. The summed E-state index contributed by atoms with van der Waals surface area (Å²) in [6, 6.07) is 0. The van der Waals surface area contributed by atoms with Crippen LogP contribution in [0.3, 0.4) is 0 Å². The molecule has 0 rings (SSSR count). The van der Waals surface area contributed by atoms with Crippen LogP contribution in [-0.4, -0.2) is 13.4 Å². The molecule has 5 heteroatoms.